The van der Waals surface area contributed by atoms with Crippen molar-refractivity contribution >= 4 is 11.9 Å². The van der Waals surface area contributed by atoms with Crippen molar-refractivity contribution in [1.82, 2.24) is 24.6 Å². The summed E-state index contributed by atoms with van der Waals surface area (Å²) in [5.41, 5.74) is 5.16. The molecule has 3 aliphatic rings. The standard InChI is InChI=1S/C28H37N5O3/c1-21-8-9-22-10-13-30(17-23(22)16-21)19-25(34)20-33-15-14-32(28(33)36)18-24-6-5-7-26(29-24)27(35)31-11-3-2-4-12-31/h5-9,16,25,34H,2-4,10-15,17-20H2,1H3/t25-/m1/s1. The maximum atomic E-state index is 13.0. The van der Waals surface area contributed by atoms with Crippen molar-refractivity contribution in [2.24, 2.45) is 0 Å². The van der Waals surface area contributed by atoms with Gasteiger partial charge in [-0.25, -0.2) is 9.78 Å². The molecule has 0 bridgehead atoms. The van der Waals surface area contributed by atoms with E-state index in [9.17, 15) is 14.7 Å². The average Bonchev–Trinajstić information content (AvgIpc) is 3.22. The Hall–Kier alpha value is -2.97. The van der Waals surface area contributed by atoms with Crippen LogP contribution in [0, 0.1) is 6.92 Å². The summed E-state index contributed by atoms with van der Waals surface area (Å²) in [6, 6.07) is 12.0. The number of nitrogens with zero attached hydrogens (tertiary/aromatic N) is 5. The molecule has 5 rings (SSSR count). The summed E-state index contributed by atoms with van der Waals surface area (Å²) in [7, 11) is 0. The second-order valence-electron chi connectivity index (χ2n) is 10.4. The number of carbonyl (C=O) groups is 2. The van der Waals surface area contributed by atoms with E-state index >= 15 is 0 Å². The Morgan fingerprint density at radius 3 is 2.61 bits per heavy atom. The third-order valence-corrected chi connectivity index (χ3v) is 7.56. The van der Waals surface area contributed by atoms with Gasteiger partial charge < -0.3 is 19.8 Å². The minimum absolute atomic E-state index is 0.0236. The first kappa shape index (κ1) is 24.7. The second kappa shape index (κ2) is 11.0. The fraction of sp³-hybridized carbons (Fsp3) is 0.536. The van der Waals surface area contributed by atoms with E-state index in [2.05, 4.69) is 35.0 Å². The molecule has 0 saturated carbocycles. The quantitative estimate of drug-likeness (QED) is 0.644. The fourth-order valence-corrected chi connectivity index (χ4v) is 5.60. The maximum absolute atomic E-state index is 13.0. The summed E-state index contributed by atoms with van der Waals surface area (Å²) < 4.78 is 0. The molecule has 8 nitrogen and oxygen atoms in total. The SMILES string of the molecule is Cc1ccc2c(c1)CN(C[C@@H](O)CN1CCN(Cc3cccc(C(=O)N4CCCCC4)n3)C1=O)CC2. The number of piperidine rings is 1. The number of aliphatic hydroxyl groups excluding tert-OH is 1. The molecule has 1 aromatic carbocycles. The van der Waals surface area contributed by atoms with Crippen LogP contribution in [0.3, 0.4) is 0 Å². The average molecular weight is 492 g/mol. The highest BCUT2D eigenvalue weighted by Crippen LogP contribution is 2.21. The lowest BCUT2D eigenvalue weighted by Crippen LogP contribution is -2.43. The molecule has 0 aliphatic carbocycles. The highest BCUT2D eigenvalue weighted by atomic mass is 16.3. The first-order valence-electron chi connectivity index (χ1n) is 13.2. The third kappa shape index (κ3) is 5.71. The maximum Gasteiger partial charge on any atom is 0.320 e. The van der Waals surface area contributed by atoms with Crippen molar-refractivity contribution in [3.05, 3.63) is 64.5 Å². The number of amides is 3. The zero-order chi connectivity index (χ0) is 25.1. The fourth-order valence-electron chi connectivity index (χ4n) is 5.60. The van der Waals surface area contributed by atoms with Crippen molar-refractivity contribution < 1.29 is 14.7 Å². The highest BCUT2D eigenvalue weighted by Gasteiger charge is 2.31. The van der Waals surface area contributed by atoms with Crippen LogP contribution in [0.4, 0.5) is 4.79 Å². The number of likely N-dealkylation sites (tertiary alicyclic amines) is 1. The summed E-state index contributed by atoms with van der Waals surface area (Å²) in [6.45, 7) is 7.88. The molecule has 2 fully saturated rings. The molecule has 1 atom stereocenters. The number of rotatable bonds is 7. The van der Waals surface area contributed by atoms with Crippen LogP contribution in [-0.2, 0) is 19.5 Å². The largest absolute Gasteiger partial charge is 0.390 e. The zero-order valence-electron chi connectivity index (χ0n) is 21.2. The number of pyridine rings is 1. The van der Waals surface area contributed by atoms with Gasteiger partial charge in [-0.15, -0.1) is 0 Å². The topological polar surface area (TPSA) is 80.2 Å². The number of carbonyl (C=O) groups excluding carboxylic acids is 2. The van der Waals surface area contributed by atoms with Gasteiger partial charge in [0.15, 0.2) is 0 Å². The molecule has 4 heterocycles. The number of fused-ring (bicyclic) bond motifs is 1. The Morgan fingerprint density at radius 1 is 0.972 bits per heavy atom. The lowest BCUT2D eigenvalue weighted by molar-refractivity contribution is 0.0717. The van der Waals surface area contributed by atoms with E-state index in [1.807, 2.05) is 17.0 Å². The van der Waals surface area contributed by atoms with Gasteiger partial charge in [0.05, 0.1) is 18.3 Å². The van der Waals surface area contributed by atoms with Crippen LogP contribution in [-0.4, -0.2) is 93.5 Å². The smallest absolute Gasteiger partial charge is 0.320 e. The van der Waals surface area contributed by atoms with Gasteiger partial charge in [-0.1, -0.05) is 29.8 Å². The molecule has 0 spiro atoms. The molecule has 3 amide bonds. The molecule has 2 saturated heterocycles. The first-order valence-corrected chi connectivity index (χ1v) is 13.2. The predicted molar refractivity (Wildman–Crippen MR) is 138 cm³/mol. The number of hydrogen-bond donors (Lipinski definition) is 1. The number of benzene rings is 1. The van der Waals surface area contributed by atoms with Crippen molar-refractivity contribution in [3.63, 3.8) is 0 Å². The van der Waals surface area contributed by atoms with Crippen LogP contribution in [0.2, 0.25) is 0 Å². The Balaban J connectivity index is 1.13. The van der Waals surface area contributed by atoms with Crippen LogP contribution in [0.15, 0.2) is 36.4 Å². The van der Waals surface area contributed by atoms with Crippen molar-refractivity contribution in [3.8, 4) is 0 Å². The van der Waals surface area contributed by atoms with Crippen LogP contribution in [0.25, 0.3) is 0 Å². The molecule has 36 heavy (non-hydrogen) atoms. The van der Waals surface area contributed by atoms with Gasteiger partial charge in [-0.2, -0.15) is 0 Å². The van der Waals surface area contributed by atoms with Crippen LogP contribution in [0.1, 0.15) is 52.1 Å². The summed E-state index contributed by atoms with van der Waals surface area (Å²) in [5, 5.41) is 10.8. The minimum atomic E-state index is -0.594. The second-order valence-corrected chi connectivity index (χ2v) is 10.4. The number of aryl methyl sites for hydroxylation is 1. The van der Waals surface area contributed by atoms with Crippen LogP contribution < -0.4 is 0 Å². The molecule has 0 unspecified atom stereocenters. The van der Waals surface area contributed by atoms with E-state index in [1.54, 1.807) is 15.9 Å². The van der Waals surface area contributed by atoms with E-state index in [4.69, 9.17) is 0 Å². The number of urea groups is 1. The van der Waals surface area contributed by atoms with Gasteiger partial charge in [-0.3, -0.25) is 9.69 Å². The van der Waals surface area contributed by atoms with Crippen LogP contribution >= 0.6 is 0 Å². The van der Waals surface area contributed by atoms with Gasteiger partial charge in [-0.05, 0) is 55.9 Å². The van der Waals surface area contributed by atoms with E-state index in [0.29, 0.717) is 38.4 Å². The van der Waals surface area contributed by atoms with Crippen molar-refractivity contribution in [2.45, 2.75) is 51.8 Å². The first-order chi connectivity index (χ1) is 17.5. The summed E-state index contributed by atoms with van der Waals surface area (Å²) in [4.78, 5) is 38.1. The van der Waals surface area contributed by atoms with E-state index in [0.717, 1.165) is 51.1 Å². The molecule has 0 radical (unpaired) electrons. The molecule has 2 aromatic rings. The van der Waals surface area contributed by atoms with Gasteiger partial charge in [0.2, 0.25) is 0 Å². The zero-order valence-corrected chi connectivity index (χ0v) is 21.2. The monoisotopic (exact) mass is 491 g/mol. The summed E-state index contributed by atoms with van der Waals surface area (Å²) in [5.74, 6) is -0.0236. The Labute approximate surface area is 213 Å². The normalized spacial score (nSPS) is 19.5. The lowest BCUT2D eigenvalue weighted by atomic mass is 9.97. The molecule has 3 aliphatic heterocycles. The highest BCUT2D eigenvalue weighted by molar-refractivity contribution is 5.92. The Bertz CT molecular complexity index is 1100. The molecule has 1 N–H and O–H groups in total. The van der Waals surface area contributed by atoms with E-state index in [1.165, 1.54) is 23.1 Å². The van der Waals surface area contributed by atoms with Gasteiger partial charge >= 0.3 is 6.03 Å². The van der Waals surface area contributed by atoms with E-state index in [-0.39, 0.29) is 11.9 Å². The lowest BCUT2D eigenvalue weighted by Gasteiger charge is -2.31. The van der Waals surface area contributed by atoms with Crippen molar-refractivity contribution in [2.75, 3.05) is 45.8 Å². The van der Waals surface area contributed by atoms with Crippen LogP contribution in [0.5, 0.6) is 0 Å². The summed E-state index contributed by atoms with van der Waals surface area (Å²) >= 11 is 0. The summed E-state index contributed by atoms with van der Waals surface area (Å²) in [6.07, 6.45) is 3.65. The molecule has 8 heteroatoms. The molecular formula is C28H37N5O3. The Morgan fingerprint density at radius 2 is 1.78 bits per heavy atom. The van der Waals surface area contributed by atoms with Crippen molar-refractivity contribution in [1.29, 1.82) is 0 Å². The number of aliphatic hydroxyl groups is 1. The van der Waals surface area contributed by atoms with Gasteiger partial charge in [0, 0.05) is 52.4 Å². The predicted octanol–water partition coefficient (Wildman–Crippen LogP) is 2.67. The third-order valence-electron chi connectivity index (χ3n) is 7.56. The van der Waals surface area contributed by atoms with E-state index < -0.39 is 6.10 Å². The molecule has 192 valence electrons. The Kier molecular flexibility index (Phi) is 7.53. The number of β-amino-alcohol motifs (C(OH)–C–C–N with tert-alkyl or cyclic N) is 1. The molecule has 1 aromatic heterocycles. The number of hydrogen-bond acceptors (Lipinski definition) is 5. The van der Waals surface area contributed by atoms with Gasteiger partial charge in [0.25, 0.3) is 5.91 Å². The van der Waals surface area contributed by atoms with Gasteiger partial charge in [0.1, 0.15) is 5.69 Å². The minimum Gasteiger partial charge on any atom is -0.390 e. The molecular weight excluding hydrogens is 454 g/mol. The number of aromatic nitrogens is 1.